The highest BCUT2D eigenvalue weighted by Crippen LogP contribution is 2.27. The SMILES string of the molecule is CCOc1ccc(S(=O)(=O)N(Cc2cnc3ccccn23)c2ccccc2)cc1. The highest BCUT2D eigenvalue weighted by molar-refractivity contribution is 7.92. The molecule has 0 saturated carbocycles. The summed E-state index contributed by atoms with van der Waals surface area (Å²) in [5.41, 5.74) is 2.14. The average molecular weight is 407 g/mol. The molecule has 4 aromatic rings. The van der Waals surface area contributed by atoms with Crippen LogP contribution >= 0.6 is 0 Å². The van der Waals surface area contributed by atoms with E-state index in [2.05, 4.69) is 4.98 Å². The van der Waals surface area contributed by atoms with Gasteiger partial charge in [-0.05, 0) is 55.5 Å². The molecule has 2 heterocycles. The Balaban J connectivity index is 1.76. The number of nitrogens with zero attached hydrogens (tertiary/aromatic N) is 3. The first-order valence-electron chi connectivity index (χ1n) is 9.31. The summed E-state index contributed by atoms with van der Waals surface area (Å²) >= 11 is 0. The molecule has 0 N–H and O–H groups in total. The van der Waals surface area contributed by atoms with Crippen LogP contribution in [0.2, 0.25) is 0 Å². The van der Waals surface area contributed by atoms with Crippen LogP contribution < -0.4 is 9.04 Å². The second kappa shape index (κ2) is 7.97. The van der Waals surface area contributed by atoms with Gasteiger partial charge in [0.2, 0.25) is 0 Å². The lowest BCUT2D eigenvalue weighted by Crippen LogP contribution is -2.31. The van der Waals surface area contributed by atoms with E-state index in [4.69, 9.17) is 4.74 Å². The highest BCUT2D eigenvalue weighted by Gasteiger charge is 2.26. The van der Waals surface area contributed by atoms with Crippen LogP contribution in [0.4, 0.5) is 5.69 Å². The molecule has 0 amide bonds. The first-order valence-corrected chi connectivity index (χ1v) is 10.8. The van der Waals surface area contributed by atoms with Gasteiger partial charge in [-0.2, -0.15) is 0 Å². The normalized spacial score (nSPS) is 11.5. The number of aromatic nitrogens is 2. The van der Waals surface area contributed by atoms with Crippen molar-refractivity contribution in [2.24, 2.45) is 0 Å². The fourth-order valence-corrected chi connectivity index (χ4v) is 4.60. The molecule has 0 fully saturated rings. The van der Waals surface area contributed by atoms with E-state index in [1.165, 1.54) is 4.31 Å². The quantitative estimate of drug-likeness (QED) is 0.462. The number of pyridine rings is 1. The van der Waals surface area contributed by atoms with Crippen molar-refractivity contribution in [2.45, 2.75) is 18.4 Å². The van der Waals surface area contributed by atoms with Gasteiger partial charge in [0, 0.05) is 6.20 Å². The topological polar surface area (TPSA) is 63.9 Å². The van der Waals surface area contributed by atoms with Gasteiger partial charge in [0.05, 0.1) is 35.6 Å². The van der Waals surface area contributed by atoms with Gasteiger partial charge < -0.3 is 9.14 Å². The number of benzene rings is 2. The van der Waals surface area contributed by atoms with Crippen LogP contribution in [0, 0.1) is 0 Å². The van der Waals surface area contributed by atoms with Gasteiger partial charge in [0.1, 0.15) is 11.4 Å². The first kappa shape index (κ1) is 19.0. The maximum atomic E-state index is 13.5. The summed E-state index contributed by atoms with van der Waals surface area (Å²) in [6.45, 7) is 2.57. The summed E-state index contributed by atoms with van der Waals surface area (Å²) in [5.74, 6) is 0.638. The minimum absolute atomic E-state index is 0.157. The summed E-state index contributed by atoms with van der Waals surface area (Å²) in [5, 5.41) is 0. The fraction of sp³-hybridized carbons (Fsp3) is 0.136. The third-order valence-electron chi connectivity index (χ3n) is 4.57. The van der Waals surface area contributed by atoms with E-state index >= 15 is 0 Å². The number of para-hydroxylation sites is 1. The second-order valence-corrected chi connectivity index (χ2v) is 8.29. The molecule has 0 saturated heterocycles. The molecule has 6 nitrogen and oxygen atoms in total. The molecule has 29 heavy (non-hydrogen) atoms. The monoisotopic (exact) mass is 407 g/mol. The summed E-state index contributed by atoms with van der Waals surface area (Å²) in [6.07, 6.45) is 3.59. The number of fused-ring (bicyclic) bond motifs is 1. The van der Waals surface area contributed by atoms with Crippen LogP contribution in [0.5, 0.6) is 5.75 Å². The molecular weight excluding hydrogens is 386 g/mol. The Hall–Kier alpha value is -3.32. The largest absolute Gasteiger partial charge is 0.494 e. The fourth-order valence-electron chi connectivity index (χ4n) is 3.16. The van der Waals surface area contributed by atoms with Gasteiger partial charge in [-0.3, -0.25) is 4.31 Å². The third-order valence-corrected chi connectivity index (χ3v) is 6.35. The molecule has 7 heteroatoms. The number of imidazole rings is 1. The summed E-state index contributed by atoms with van der Waals surface area (Å²) in [6, 6.07) is 21.3. The van der Waals surface area contributed by atoms with Crippen molar-refractivity contribution in [1.29, 1.82) is 0 Å². The van der Waals surface area contributed by atoms with E-state index < -0.39 is 10.0 Å². The van der Waals surface area contributed by atoms with E-state index in [9.17, 15) is 8.42 Å². The van der Waals surface area contributed by atoms with E-state index in [0.717, 1.165) is 11.3 Å². The van der Waals surface area contributed by atoms with Crippen LogP contribution in [-0.4, -0.2) is 24.4 Å². The average Bonchev–Trinajstić information content (AvgIpc) is 3.16. The van der Waals surface area contributed by atoms with Gasteiger partial charge >= 0.3 is 0 Å². The zero-order valence-corrected chi connectivity index (χ0v) is 16.8. The van der Waals surface area contributed by atoms with Crippen LogP contribution in [0.15, 0.2) is 90.1 Å². The van der Waals surface area contributed by atoms with Gasteiger partial charge in [-0.25, -0.2) is 13.4 Å². The lowest BCUT2D eigenvalue weighted by molar-refractivity contribution is 0.340. The standard InChI is InChI=1S/C22H21N3O3S/c1-2-28-20-11-13-21(14-12-20)29(26,27)25(18-8-4-3-5-9-18)17-19-16-23-22-10-6-7-15-24(19)22/h3-16H,2,17H2,1H3. The Morgan fingerprint density at radius 3 is 2.41 bits per heavy atom. The minimum atomic E-state index is -3.79. The van der Waals surface area contributed by atoms with Crippen molar-refractivity contribution < 1.29 is 13.2 Å². The zero-order chi connectivity index (χ0) is 20.3. The summed E-state index contributed by atoms with van der Waals surface area (Å²) in [4.78, 5) is 4.58. The number of hydrogen-bond donors (Lipinski definition) is 0. The van der Waals surface area contributed by atoms with Crippen molar-refractivity contribution in [3.8, 4) is 5.75 Å². The summed E-state index contributed by atoms with van der Waals surface area (Å²) in [7, 11) is -3.79. The van der Waals surface area contributed by atoms with Gasteiger partial charge in [-0.1, -0.05) is 24.3 Å². The molecule has 0 unspecified atom stereocenters. The molecule has 0 radical (unpaired) electrons. The minimum Gasteiger partial charge on any atom is -0.494 e. The molecule has 0 aliphatic carbocycles. The zero-order valence-electron chi connectivity index (χ0n) is 16.0. The Kier molecular flexibility index (Phi) is 5.22. The van der Waals surface area contributed by atoms with Crippen molar-refractivity contribution >= 4 is 21.4 Å². The maximum absolute atomic E-state index is 13.5. The molecular formula is C22H21N3O3S. The highest BCUT2D eigenvalue weighted by atomic mass is 32.2. The van der Waals surface area contributed by atoms with Crippen molar-refractivity contribution in [3.63, 3.8) is 0 Å². The maximum Gasteiger partial charge on any atom is 0.264 e. The lowest BCUT2D eigenvalue weighted by Gasteiger charge is -2.24. The van der Waals surface area contributed by atoms with E-state index in [-0.39, 0.29) is 11.4 Å². The molecule has 0 aliphatic heterocycles. The van der Waals surface area contributed by atoms with Crippen LogP contribution in [-0.2, 0) is 16.6 Å². The molecule has 0 bridgehead atoms. The Morgan fingerprint density at radius 2 is 1.69 bits per heavy atom. The number of anilines is 1. The second-order valence-electron chi connectivity index (χ2n) is 6.43. The van der Waals surface area contributed by atoms with E-state index in [1.54, 1.807) is 42.6 Å². The van der Waals surface area contributed by atoms with Crippen LogP contribution in [0.3, 0.4) is 0 Å². The number of ether oxygens (including phenoxy) is 1. The Bertz CT molecular complexity index is 1200. The van der Waals surface area contributed by atoms with Gasteiger partial charge in [0.25, 0.3) is 10.0 Å². The smallest absolute Gasteiger partial charge is 0.264 e. The molecule has 4 rings (SSSR count). The Labute approximate surface area is 170 Å². The van der Waals surface area contributed by atoms with Crippen molar-refractivity contribution in [1.82, 2.24) is 9.38 Å². The molecule has 0 spiro atoms. The van der Waals surface area contributed by atoms with E-state index in [0.29, 0.717) is 18.0 Å². The molecule has 0 atom stereocenters. The number of sulfonamides is 1. The summed E-state index contributed by atoms with van der Waals surface area (Å²) < 4.78 is 35.8. The Morgan fingerprint density at radius 1 is 0.966 bits per heavy atom. The lowest BCUT2D eigenvalue weighted by atomic mass is 10.3. The first-order chi connectivity index (χ1) is 14.1. The molecule has 0 aliphatic rings. The van der Waals surface area contributed by atoms with Crippen LogP contribution in [0.25, 0.3) is 5.65 Å². The number of hydrogen-bond acceptors (Lipinski definition) is 4. The van der Waals surface area contributed by atoms with Gasteiger partial charge in [-0.15, -0.1) is 0 Å². The van der Waals surface area contributed by atoms with Crippen molar-refractivity contribution in [2.75, 3.05) is 10.9 Å². The molecule has 2 aromatic heterocycles. The number of rotatable bonds is 7. The predicted octanol–water partition coefficient (Wildman–Crippen LogP) is 4.13. The van der Waals surface area contributed by atoms with Crippen LogP contribution in [0.1, 0.15) is 12.6 Å². The molecule has 148 valence electrons. The third kappa shape index (κ3) is 3.82. The van der Waals surface area contributed by atoms with Gasteiger partial charge in [0.15, 0.2) is 0 Å². The molecule has 2 aromatic carbocycles. The van der Waals surface area contributed by atoms with E-state index in [1.807, 2.05) is 53.9 Å². The van der Waals surface area contributed by atoms with Crippen molar-refractivity contribution in [3.05, 3.63) is 90.9 Å². The predicted molar refractivity (Wildman–Crippen MR) is 113 cm³/mol.